The number of carbonyl (C=O) groups is 1. The van der Waals surface area contributed by atoms with E-state index in [9.17, 15) is 4.79 Å². The van der Waals surface area contributed by atoms with Crippen LogP contribution in [0.25, 0.3) is 0 Å². The average Bonchev–Trinajstić information content (AvgIpc) is 2.55. The summed E-state index contributed by atoms with van der Waals surface area (Å²) in [6.07, 6.45) is 4.62. The molecule has 0 saturated heterocycles. The summed E-state index contributed by atoms with van der Waals surface area (Å²) >= 11 is 12.0. The first kappa shape index (κ1) is 17.6. The highest BCUT2D eigenvalue weighted by Crippen LogP contribution is 2.28. The molecule has 1 saturated carbocycles. The molecule has 2 rings (SSSR count). The maximum Gasteiger partial charge on any atom is 0.253 e. The van der Waals surface area contributed by atoms with Gasteiger partial charge in [0.2, 0.25) is 0 Å². The van der Waals surface area contributed by atoms with Crippen LogP contribution < -0.4 is 0 Å². The molecule has 122 valence electrons. The predicted octanol–water partition coefficient (Wildman–Crippen LogP) is 4.33. The van der Waals surface area contributed by atoms with Gasteiger partial charge in [0.15, 0.2) is 0 Å². The van der Waals surface area contributed by atoms with E-state index in [1.165, 1.54) is 12.8 Å². The molecule has 1 amide bonds. The van der Waals surface area contributed by atoms with Gasteiger partial charge in [0, 0.05) is 24.7 Å². The van der Waals surface area contributed by atoms with Gasteiger partial charge in [-0.3, -0.25) is 4.79 Å². The fourth-order valence-electron chi connectivity index (χ4n) is 3.28. The molecule has 1 aliphatic rings. The minimum absolute atomic E-state index is 0.0139. The zero-order chi connectivity index (χ0) is 16.3. The molecule has 1 fully saturated rings. The number of likely N-dealkylation sites (N-methyl/N-ethyl adjacent to an activating group) is 2. The number of nitrogens with zero attached hydrogens (tertiary/aromatic N) is 2. The largest absolute Gasteiger partial charge is 0.337 e. The van der Waals surface area contributed by atoms with Crippen LogP contribution in [0.3, 0.4) is 0 Å². The highest BCUT2D eigenvalue weighted by molar-refractivity contribution is 6.42. The van der Waals surface area contributed by atoms with Gasteiger partial charge in [0.25, 0.3) is 5.91 Å². The Kier molecular flexibility index (Phi) is 6.13. The standard InChI is InChI=1S/C17H24Cl2N2O/c1-4-20(2)15-7-5-6-8-16(15)21(3)17(22)12-9-10-13(18)14(19)11-12/h9-11,15-16H,4-8H2,1-3H3. The molecule has 1 aliphatic carbocycles. The van der Waals surface area contributed by atoms with E-state index < -0.39 is 0 Å². The van der Waals surface area contributed by atoms with Gasteiger partial charge in [-0.25, -0.2) is 0 Å². The van der Waals surface area contributed by atoms with Crippen molar-refractivity contribution in [3.05, 3.63) is 33.8 Å². The third kappa shape index (κ3) is 3.76. The summed E-state index contributed by atoms with van der Waals surface area (Å²) in [6.45, 7) is 3.16. The molecule has 5 heteroatoms. The first-order valence-electron chi connectivity index (χ1n) is 7.88. The molecule has 0 radical (unpaired) electrons. The number of hydrogen-bond acceptors (Lipinski definition) is 2. The van der Waals surface area contributed by atoms with Gasteiger partial charge < -0.3 is 9.80 Å². The van der Waals surface area contributed by atoms with Gasteiger partial charge in [0.1, 0.15) is 0 Å². The van der Waals surface area contributed by atoms with Gasteiger partial charge >= 0.3 is 0 Å². The summed E-state index contributed by atoms with van der Waals surface area (Å²) in [5.41, 5.74) is 0.598. The molecule has 1 aromatic rings. The van der Waals surface area contributed by atoms with Crippen LogP contribution in [-0.4, -0.2) is 48.4 Å². The first-order chi connectivity index (χ1) is 10.5. The van der Waals surface area contributed by atoms with Crippen molar-refractivity contribution in [2.24, 2.45) is 0 Å². The summed E-state index contributed by atoms with van der Waals surface area (Å²) in [6, 6.07) is 5.76. The van der Waals surface area contributed by atoms with Crippen molar-refractivity contribution in [3.63, 3.8) is 0 Å². The Hall–Kier alpha value is -0.770. The fourth-order valence-corrected chi connectivity index (χ4v) is 3.57. The summed E-state index contributed by atoms with van der Waals surface area (Å²) in [5.74, 6) is 0.0139. The maximum absolute atomic E-state index is 12.8. The van der Waals surface area contributed by atoms with E-state index in [1.807, 2.05) is 11.9 Å². The van der Waals surface area contributed by atoms with Crippen LogP contribution in [0.15, 0.2) is 18.2 Å². The third-order valence-corrected chi connectivity index (χ3v) is 5.48. The smallest absolute Gasteiger partial charge is 0.253 e. The number of rotatable bonds is 4. The van der Waals surface area contributed by atoms with Crippen molar-refractivity contribution in [1.29, 1.82) is 0 Å². The summed E-state index contributed by atoms with van der Waals surface area (Å²) in [7, 11) is 4.04. The zero-order valence-corrected chi connectivity index (χ0v) is 15.0. The first-order valence-corrected chi connectivity index (χ1v) is 8.63. The van der Waals surface area contributed by atoms with Crippen molar-refractivity contribution in [3.8, 4) is 0 Å². The van der Waals surface area contributed by atoms with Crippen molar-refractivity contribution in [2.45, 2.75) is 44.7 Å². The average molecular weight is 343 g/mol. The third-order valence-electron chi connectivity index (χ3n) is 4.74. The van der Waals surface area contributed by atoms with Gasteiger partial charge in [-0.15, -0.1) is 0 Å². The van der Waals surface area contributed by atoms with Gasteiger partial charge in [-0.2, -0.15) is 0 Å². The quantitative estimate of drug-likeness (QED) is 0.812. The normalized spacial score (nSPS) is 21.9. The number of benzene rings is 1. The summed E-state index contributed by atoms with van der Waals surface area (Å²) in [5, 5.41) is 0.897. The molecule has 2 unspecified atom stereocenters. The topological polar surface area (TPSA) is 23.6 Å². The van der Waals surface area contributed by atoms with Crippen LogP contribution in [0.4, 0.5) is 0 Å². The van der Waals surface area contributed by atoms with Crippen LogP contribution >= 0.6 is 23.2 Å². The molecule has 0 aromatic heterocycles. The van der Waals surface area contributed by atoms with E-state index in [0.717, 1.165) is 19.4 Å². The molecule has 3 nitrogen and oxygen atoms in total. The molecule has 0 bridgehead atoms. The summed E-state index contributed by atoms with van der Waals surface area (Å²) in [4.78, 5) is 17.0. The highest BCUT2D eigenvalue weighted by Gasteiger charge is 2.33. The Balaban J connectivity index is 2.18. The second-order valence-electron chi connectivity index (χ2n) is 6.04. The van der Waals surface area contributed by atoms with E-state index in [-0.39, 0.29) is 11.9 Å². The van der Waals surface area contributed by atoms with Crippen LogP contribution in [0.2, 0.25) is 10.0 Å². The molecule has 0 heterocycles. The minimum Gasteiger partial charge on any atom is -0.337 e. The predicted molar refractivity (Wildman–Crippen MR) is 92.9 cm³/mol. The Morgan fingerprint density at radius 3 is 2.36 bits per heavy atom. The Labute approximate surface area is 143 Å². The molecule has 22 heavy (non-hydrogen) atoms. The minimum atomic E-state index is 0.0139. The lowest BCUT2D eigenvalue weighted by molar-refractivity contribution is 0.0511. The van der Waals surface area contributed by atoms with Crippen LogP contribution in [0.1, 0.15) is 43.0 Å². The lowest BCUT2D eigenvalue weighted by atomic mass is 9.88. The molecule has 0 spiro atoms. The van der Waals surface area contributed by atoms with E-state index >= 15 is 0 Å². The Morgan fingerprint density at radius 1 is 1.14 bits per heavy atom. The Morgan fingerprint density at radius 2 is 1.77 bits per heavy atom. The van der Waals surface area contributed by atoms with Crippen molar-refractivity contribution in [1.82, 2.24) is 9.80 Å². The lowest BCUT2D eigenvalue weighted by Gasteiger charge is -2.42. The van der Waals surface area contributed by atoms with Gasteiger partial charge in [-0.1, -0.05) is 43.0 Å². The Bertz CT molecular complexity index is 535. The maximum atomic E-state index is 12.8. The lowest BCUT2D eigenvalue weighted by Crippen LogP contribution is -2.52. The molecule has 0 N–H and O–H groups in total. The van der Waals surface area contributed by atoms with E-state index in [1.54, 1.807) is 18.2 Å². The van der Waals surface area contributed by atoms with Gasteiger partial charge in [-0.05, 0) is 44.6 Å². The molecule has 0 aliphatic heterocycles. The second-order valence-corrected chi connectivity index (χ2v) is 6.85. The molecular formula is C17H24Cl2N2O. The highest BCUT2D eigenvalue weighted by atomic mass is 35.5. The number of carbonyl (C=O) groups excluding carboxylic acids is 1. The van der Waals surface area contributed by atoms with Crippen molar-refractivity contribution < 1.29 is 4.79 Å². The van der Waals surface area contributed by atoms with E-state index in [0.29, 0.717) is 21.7 Å². The van der Waals surface area contributed by atoms with Crippen molar-refractivity contribution in [2.75, 3.05) is 20.6 Å². The molecule has 2 atom stereocenters. The van der Waals surface area contributed by atoms with Gasteiger partial charge in [0.05, 0.1) is 10.0 Å². The fraction of sp³-hybridized carbons (Fsp3) is 0.588. The second kappa shape index (κ2) is 7.67. The van der Waals surface area contributed by atoms with Crippen LogP contribution in [0, 0.1) is 0 Å². The van der Waals surface area contributed by atoms with Crippen LogP contribution in [-0.2, 0) is 0 Å². The van der Waals surface area contributed by atoms with Crippen molar-refractivity contribution >= 4 is 29.1 Å². The van der Waals surface area contributed by atoms with Crippen LogP contribution in [0.5, 0.6) is 0 Å². The monoisotopic (exact) mass is 342 g/mol. The number of amides is 1. The molecule has 1 aromatic carbocycles. The number of halogens is 2. The number of hydrogen-bond donors (Lipinski definition) is 0. The zero-order valence-electron chi connectivity index (χ0n) is 13.5. The SMILES string of the molecule is CCN(C)C1CCCCC1N(C)C(=O)c1ccc(Cl)c(Cl)c1. The molecular weight excluding hydrogens is 319 g/mol. The van der Waals surface area contributed by atoms with E-state index in [2.05, 4.69) is 18.9 Å². The van der Waals surface area contributed by atoms with E-state index in [4.69, 9.17) is 23.2 Å². The summed E-state index contributed by atoms with van der Waals surface area (Å²) < 4.78 is 0.